The van der Waals surface area contributed by atoms with Crippen molar-refractivity contribution in [1.82, 2.24) is 15.3 Å². The van der Waals surface area contributed by atoms with E-state index in [-0.39, 0.29) is 6.04 Å². The van der Waals surface area contributed by atoms with Crippen molar-refractivity contribution in [3.8, 4) is 5.75 Å². The minimum Gasteiger partial charge on any atom is -0.491 e. The van der Waals surface area contributed by atoms with Crippen molar-refractivity contribution in [3.05, 3.63) is 47.4 Å². The number of rotatable bonds is 5. The van der Waals surface area contributed by atoms with E-state index in [1.54, 1.807) is 6.33 Å². The van der Waals surface area contributed by atoms with Crippen LogP contribution in [0, 0.1) is 6.92 Å². The summed E-state index contributed by atoms with van der Waals surface area (Å²) in [4.78, 5) is 8.87. The Morgan fingerprint density at radius 2 is 2.04 bits per heavy atom. The molecule has 0 unspecified atom stereocenters. The van der Waals surface area contributed by atoms with Gasteiger partial charge in [0.25, 0.3) is 0 Å². The van der Waals surface area contributed by atoms with Crippen LogP contribution in [0.2, 0.25) is 0 Å². The van der Waals surface area contributed by atoms with E-state index in [2.05, 4.69) is 40.5 Å². The zero-order valence-electron chi connectivity index (χ0n) is 13.8. The Balaban J connectivity index is 1.64. The molecule has 0 fully saturated rings. The van der Waals surface area contributed by atoms with Crippen molar-refractivity contribution in [3.63, 3.8) is 0 Å². The molecule has 0 spiro atoms. The molecule has 5 nitrogen and oxygen atoms in total. The molecule has 0 saturated carbocycles. The second-order valence-electron chi connectivity index (χ2n) is 6.02. The molecule has 2 aromatic rings. The number of aryl methyl sites for hydroxylation is 1. The molecule has 0 saturated heterocycles. The summed E-state index contributed by atoms with van der Waals surface area (Å²) < 4.78 is 5.92. The lowest BCUT2D eigenvalue weighted by Crippen LogP contribution is -2.25. The van der Waals surface area contributed by atoms with Gasteiger partial charge in [0.05, 0.1) is 11.7 Å². The summed E-state index contributed by atoms with van der Waals surface area (Å²) in [6.07, 6.45) is 3.58. The lowest BCUT2D eigenvalue weighted by molar-refractivity contribution is 0.301. The maximum Gasteiger partial charge on any atom is 0.133 e. The third kappa shape index (κ3) is 3.99. The smallest absolute Gasteiger partial charge is 0.133 e. The van der Waals surface area contributed by atoms with Crippen molar-refractivity contribution in [2.24, 2.45) is 0 Å². The van der Waals surface area contributed by atoms with Crippen LogP contribution in [0.1, 0.15) is 23.7 Å². The van der Waals surface area contributed by atoms with E-state index in [0.717, 1.165) is 48.8 Å². The van der Waals surface area contributed by atoms with Crippen molar-refractivity contribution >= 4 is 5.82 Å². The van der Waals surface area contributed by atoms with Crippen LogP contribution in [0.25, 0.3) is 0 Å². The summed E-state index contributed by atoms with van der Waals surface area (Å²) in [7, 11) is 0. The minimum absolute atomic E-state index is 0.171. The predicted octanol–water partition coefficient (Wildman–Crippen LogP) is 2.35. The van der Waals surface area contributed by atoms with Gasteiger partial charge in [0.15, 0.2) is 0 Å². The maximum absolute atomic E-state index is 5.92. The molecule has 1 aliphatic rings. The van der Waals surface area contributed by atoms with Gasteiger partial charge in [-0.2, -0.15) is 0 Å². The number of para-hydroxylation sites is 1. The summed E-state index contributed by atoms with van der Waals surface area (Å²) in [5, 5.41) is 6.89. The van der Waals surface area contributed by atoms with E-state index in [0.29, 0.717) is 6.61 Å². The molecule has 0 aliphatic carbocycles. The standard InChI is InChI=1S/C18H24N4O/c1-13-5-3-4-6-17(13)23-11-14(2)22-18-15-7-9-19-10-8-16(15)20-12-21-18/h3-6,12,14,19H,7-11H2,1-2H3,(H,20,21,22)/t14-/m0/s1. The Bertz CT molecular complexity index is 659. The molecule has 5 heteroatoms. The number of nitrogens with one attached hydrogen (secondary N) is 2. The van der Waals surface area contributed by atoms with E-state index >= 15 is 0 Å². The molecule has 0 bridgehead atoms. The number of anilines is 1. The summed E-state index contributed by atoms with van der Waals surface area (Å²) in [6, 6.07) is 8.26. The zero-order valence-corrected chi connectivity index (χ0v) is 13.8. The van der Waals surface area contributed by atoms with Gasteiger partial charge in [0, 0.05) is 18.5 Å². The fraction of sp³-hybridized carbons (Fsp3) is 0.444. The van der Waals surface area contributed by atoms with Gasteiger partial charge in [0.1, 0.15) is 24.5 Å². The highest BCUT2D eigenvalue weighted by molar-refractivity contribution is 5.47. The first-order valence-corrected chi connectivity index (χ1v) is 8.22. The molecule has 2 heterocycles. The topological polar surface area (TPSA) is 59.1 Å². The van der Waals surface area contributed by atoms with Gasteiger partial charge < -0.3 is 15.4 Å². The third-order valence-electron chi connectivity index (χ3n) is 4.09. The number of hydrogen-bond donors (Lipinski definition) is 2. The summed E-state index contributed by atoms with van der Waals surface area (Å²) in [5.41, 5.74) is 3.54. The first-order valence-electron chi connectivity index (χ1n) is 8.22. The lowest BCUT2D eigenvalue weighted by Gasteiger charge is -2.19. The summed E-state index contributed by atoms with van der Waals surface area (Å²) in [6.45, 7) is 6.73. The van der Waals surface area contributed by atoms with Crippen LogP contribution in [0.15, 0.2) is 30.6 Å². The number of benzene rings is 1. The molecule has 122 valence electrons. The fourth-order valence-corrected chi connectivity index (χ4v) is 2.80. The monoisotopic (exact) mass is 312 g/mol. The molecule has 0 amide bonds. The van der Waals surface area contributed by atoms with Crippen LogP contribution in [0.5, 0.6) is 5.75 Å². The molecule has 1 aromatic carbocycles. The van der Waals surface area contributed by atoms with E-state index in [1.165, 1.54) is 5.56 Å². The SMILES string of the molecule is Cc1ccccc1OC[C@H](C)Nc1ncnc2c1CCNCC2. The number of ether oxygens (including phenoxy) is 1. The van der Waals surface area contributed by atoms with E-state index in [4.69, 9.17) is 4.74 Å². The molecule has 3 rings (SSSR count). The average Bonchev–Trinajstić information content (AvgIpc) is 2.80. The number of nitrogens with zero attached hydrogens (tertiary/aromatic N) is 2. The molecule has 1 atom stereocenters. The van der Waals surface area contributed by atoms with Gasteiger partial charge >= 0.3 is 0 Å². The van der Waals surface area contributed by atoms with Crippen LogP contribution in [0.3, 0.4) is 0 Å². The minimum atomic E-state index is 0.171. The Labute approximate surface area is 137 Å². The van der Waals surface area contributed by atoms with Gasteiger partial charge in [-0.05, 0) is 38.4 Å². The normalized spacial score (nSPS) is 15.4. The van der Waals surface area contributed by atoms with Gasteiger partial charge in [0.2, 0.25) is 0 Å². The van der Waals surface area contributed by atoms with Crippen LogP contribution < -0.4 is 15.4 Å². The first-order chi connectivity index (χ1) is 11.2. The van der Waals surface area contributed by atoms with Crippen molar-refractivity contribution < 1.29 is 4.74 Å². The number of aromatic nitrogens is 2. The summed E-state index contributed by atoms with van der Waals surface area (Å²) in [5.74, 6) is 1.88. The maximum atomic E-state index is 5.92. The van der Waals surface area contributed by atoms with Crippen LogP contribution in [-0.4, -0.2) is 35.7 Å². The quantitative estimate of drug-likeness (QED) is 0.887. The van der Waals surface area contributed by atoms with Crippen LogP contribution in [-0.2, 0) is 12.8 Å². The largest absolute Gasteiger partial charge is 0.491 e. The van der Waals surface area contributed by atoms with Gasteiger partial charge in [-0.3, -0.25) is 0 Å². The fourth-order valence-electron chi connectivity index (χ4n) is 2.80. The third-order valence-corrected chi connectivity index (χ3v) is 4.09. The lowest BCUT2D eigenvalue weighted by atomic mass is 10.1. The predicted molar refractivity (Wildman–Crippen MR) is 92.1 cm³/mol. The van der Waals surface area contributed by atoms with Crippen molar-refractivity contribution in [2.45, 2.75) is 32.7 Å². The highest BCUT2D eigenvalue weighted by Gasteiger charge is 2.15. The molecule has 1 aromatic heterocycles. The second-order valence-corrected chi connectivity index (χ2v) is 6.02. The van der Waals surface area contributed by atoms with E-state index in [1.807, 2.05) is 18.2 Å². The Morgan fingerprint density at radius 1 is 1.22 bits per heavy atom. The van der Waals surface area contributed by atoms with Gasteiger partial charge in [-0.15, -0.1) is 0 Å². The first kappa shape index (κ1) is 15.7. The van der Waals surface area contributed by atoms with E-state index in [9.17, 15) is 0 Å². The van der Waals surface area contributed by atoms with Gasteiger partial charge in [-0.1, -0.05) is 18.2 Å². The average molecular weight is 312 g/mol. The van der Waals surface area contributed by atoms with Crippen molar-refractivity contribution in [2.75, 3.05) is 25.0 Å². The van der Waals surface area contributed by atoms with Crippen molar-refractivity contribution in [1.29, 1.82) is 0 Å². The summed E-state index contributed by atoms with van der Waals surface area (Å²) >= 11 is 0. The van der Waals surface area contributed by atoms with Crippen LogP contribution in [0.4, 0.5) is 5.82 Å². The highest BCUT2D eigenvalue weighted by Crippen LogP contribution is 2.20. The van der Waals surface area contributed by atoms with Crippen LogP contribution >= 0.6 is 0 Å². The molecule has 1 aliphatic heterocycles. The Morgan fingerprint density at radius 3 is 2.91 bits per heavy atom. The molecule has 23 heavy (non-hydrogen) atoms. The number of fused-ring (bicyclic) bond motifs is 1. The zero-order chi connectivity index (χ0) is 16.1. The molecular formula is C18H24N4O. The van der Waals surface area contributed by atoms with Gasteiger partial charge in [-0.25, -0.2) is 9.97 Å². The highest BCUT2D eigenvalue weighted by atomic mass is 16.5. The second kappa shape index (κ2) is 7.42. The number of hydrogen-bond acceptors (Lipinski definition) is 5. The Kier molecular flexibility index (Phi) is 5.08. The molecule has 2 N–H and O–H groups in total. The Hall–Kier alpha value is -2.14. The molecular weight excluding hydrogens is 288 g/mol. The molecule has 0 radical (unpaired) electrons. The van der Waals surface area contributed by atoms with E-state index < -0.39 is 0 Å².